The number of alkyl halides is 1. The summed E-state index contributed by atoms with van der Waals surface area (Å²) in [6.45, 7) is 7.29. The average molecular weight is 308 g/mol. The van der Waals surface area contributed by atoms with Crippen molar-refractivity contribution < 1.29 is 13.9 Å². The fourth-order valence-corrected chi connectivity index (χ4v) is 2.69. The van der Waals surface area contributed by atoms with E-state index in [9.17, 15) is 9.18 Å². The summed E-state index contributed by atoms with van der Waals surface area (Å²) in [4.78, 5) is 24.3. The maximum atomic E-state index is 13.1. The standard InChI is InChI=1S/C15H21FN4O2/c1-15(2,3)22-14(21)19-5-4-11-12(8-19)17-9-18-13(11)20-6-10(16)7-20/h9-10H,4-8H2,1-3H3. The van der Waals surface area contributed by atoms with Gasteiger partial charge in [0.1, 0.15) is 23.9 Å². The van der Waals surface area contributed by atoms with Gasteiger partial charge in [0.2, 0.25) is 0 Å². The zero-order valence-electron chi connectivity index (χ0n) is 13.2. The van der Waals surface area contributed by atoms with Crippen LogP contribution in [0.5, 0.6) is 0 Å². The first-order valence-electron chi connectivity index (χ1n) is 7.53. The second kappa shape index (κ2) is 5.37. The Hall–Kier alpha value is -1.92. The second-order valence-electron chi connectivity index (χ2n) is 6.78. The molecule has 0 unspecified atom stereocenters. The Morgan fingerprint density at radius 3 is 2.73 bits per heavy atom. The number of hydrogen-bond acceptors (Lipinski definition) is 5. The lowest BCUT2D eigenvalue weighted by molar-refractivity contribution is 0.0220. The summed E-state index contributed by atoms with van der Waals surface area (Å²) in [6, 6.07) is 0. The third-order valence-electron chi connectivity index (χ3n) is 3.77. The molecule has 120 valence electrons. The van der Waals surface area contributed by atoms with Crippen molar-refractivity contribution in [2.75, 3.05) is 24.5 Å². The SMILES string of the molecule is CC(C)(C)OC(=O)N1CCc2c(ncnc2N2CC(F)C2)C1. The predicted molar refractivity (Wildman–Crippen MR) is 79.5 cm³/mol. The summed E-state index contributed by atoms with van der Waals surface area (Å²) in [5.74, 6) is 0.808. The average Bonchev–Trinajstić information content (AvgIpc) is 2.41. The van der Waals surface area contributed by atoms with Gasteiger partial charge in [0, 0.05) is 12.1 Å². The van der Waals surface area contributed by atoms with Gasteiger partial charge in [-0.15, -0.1) is 0 Å². The number of carbonyl (C=O) groups is 1. The zero-order valence-corrected chi connectivity index (χ0v) is 13.2. The molecule has 0 aromatic carbocycles. The summed E-state index contributed by atoms with van der Waals surface area (Å²) in [5, 5.41) is 0. The number of nitrogens with zero attached hydrogens (tertiary/aromatic N) is 4. The van der Waals surface area contributed by atoms with Crippen molar-refractivity contribution in [3.05, 3.63) is 17.6 Å². The largest absolute Gasteiger partial charge is 0.444 e. The van der Waals surface area contributed by atoms with Gasteiger partial charge in [-0.3, -0.25) is 0 Å². The van der Waals surface area contributed by atoms with E-state index in [2.05, 4.69) is 9.97 Å². The van der Waals surface area contributed by atoms with E-state index in [-0.39, 0.29) is 6.09 Å². The molecule has 0 aliphatic carbocycles. The smallest absolute Gasteiger partial charge is 0.410 e. The van der Waals surface area contributed by atoms with Crippen LogP contribution < -0.4 is 4.90 Å². The lowest BCUT2D eigenvalue weighted by Crippen LogP contribution is -2.50. The lowest BCUT2D eigenvalue weighted by atomic mass is 10.0. The van der Waals surface area contributed by atoms with E-state index in [1.807, 2.05) is 25.7 Å². The molecule has 0 saturated carbocycles. The van der Waals surface area contributed by atoms with E-state index in [0.717, 1.165) is 17.1 Å². The highest BCUT2D eigenvalue weighted by Crippen LogP contribution is 2.29. The molecule has 0 atom stereocenters. The number of halogens is 1. The normalized spacial score (nSPS) is 18.7. The van der Waals surface area contributed by atoms with E-state index in [1.54, 1.807) is 4.90 Å². The number of carbonyl (C=O) groups excluding carboxylic acids is 1. The molecule has 1 saturated heterocycles. The van der Waals surface area contributed by atoms with E-state index in [0.29, 0.717) is 32.6 Å². The van der Waals surface area contributed by atoms with Gasteiger partial charge in [-0.1, -0.05) is 0 Å². The summed E-state index contributed by atoms with van der Waals surface area (Å²) in [5.41, 5.74) is 1.33. The fraction of sp³-hybridized carbons (Fsp3) is 0.667. The molecule has 1 aromatic heterocycles. The van der Waals surface area contributed by atoms with Gasteiger partial charge in [-0.05, 0) is 27.2 Å². The van der Waals surface area contributed by atoms with Crippen molar-refractivity contribution in [2.24, 2.45) is 0 Å². The van der Waals surface area contributed by atoms with Crippen LogP contribution in [0.2, 0.25) is 0 Å². The van der Waals surface area contributed by atoms with Crippen LogP contribution in [0, 0.1) is 0 Å². The molecule has 1 aromatic rings. The Morgan fingerprint density at radius 2 is 2.09 bits per heavy atom. The molecule has 0 radical (unpaired) electrons. The van der Waals surface area contributed by atoms with Crippen molar-refractivity contribution in [1.29, 1.82) is 0 Å². The number of anilines is 1. The number of fused-ring (bicyclic) bond motifs is 1. The number of aromatic nitrogens is 2. The van der Waals surface area contributed by atoms with Crippen molar-refractivity contribution >= 4 is 11.9 Å². The van der Waals surface area contributed by atoms with Crippen LogP contribution in [-0.4, -0.2) is 52.4 Å². The Morgan fingerprint density at radius 1 is 1.36 bits per heavy atom. The van der Waals surface area contributed by atoms with Crippen LogP contribution in [0.4, 0.5) is 15.0 Å². The second-order valence-corrected chi connectivity index (χ2v) is 6.78. The molecule has 1 fully saturated rings. The van der Waals surface area contributed by atoms with E-state index in [1.165, 1.54) is 6.33 Å². The Kier molecular flexibility index (Phi) is 3.66. The van der Waals surface area contributed by atoms with Crippen molar-refractivity contribution in [3.63, 3.8) is 0 Å². The Balaban J connectivity index is 1.74. The van der Waals surface area contributed by atoms with Gasteiger partial charge in [0.25, 0.3) is 0 Å². The number of hydrogen-bond donors (Lipinski definition) is 0. The number of amides is 1. The van der Waals surface area contributed by atoms with Crippen molar-refractivity contribution in [3.8, 4) is 0 Å². The van der Waals surface area contributed by atoms with Crippen LogP contribution in [0.25, 0.3) is 0 Å². The third kappa shape index (κ3) is 2.98. The Labute approximate surface area is 129 Å². The van der Waals surface area contributed by atoms with Gasteiger partial charge in [0.15, 0.2) is 0 Å². The third-order valence-corrected chi connectivity index (χ3v) is 3.77. The Bertz CT molecular complexity index is 581. The van der Waals surface area contributed by atoms with Gasteiger partial charge in [-0.2, -0.15) is 0 Å². The van der Waals surface area contributed by atoms with Crippen LogP contribution in [0.3, 0.4) is 0 Å². The quantitative estimate of drug-likeness (QED) is 0.793. The highest BCUT2D eigenvalue weighted by molar-refractivity contribution is 5.69. The summed E-state index contributed by atoms with van der Waals surface area (Å²) in [7, 11) is 0. The van der Waals surface area contributed by atoms with E-state index < -0.39 is 11.8 Å². The van der Waals surface area contributed by atoms with Gasteiger partial charge < -0.3 is 14.5 Å². The zero-order chi connectivity index (χ0) is 15.9. The minimum absolute atomic E-state index is 0.328. The van der Waals surface area contributed by atoms with Crippen molar-refractivity contribution in [2.45, 2.75) is 45.5 Å². The van der Waals surface area contributed by atoms with Crippen LogP contribution >= 0.6 is 0 Å². The molecule has 6 nitrogen and oxygen atoms in total. The van der Waals surface area contributed by atoms with E-state index in [4.69, 9.17) is 4.74 Å². The molecule has 3 rings (SSSR count). The molecule has 2 aliphatic heterocycles. The molecule has 7 heteroatoms. The first kappa shape index (κ1) is 15.0. The fourth-order valence-electron chi connectivity index (χ4n) is 2.69. The summed E-state index contributed by atoms with van der Waals surface area (Å²) >= 11 is 0. The first-order valence-corrected chi connectivity index (χ1v) is 7.53. The first-order chi connectivity index (χ1) is 10.3. The molecular weight excluding hydrogens is 287 g/mol. The van der Waals surface area contributed by atoms with Crippen LogP contribution in [0.1, 0.15) is 32.0 Å². The molecule has 0 bridgehead atoms. The number of rotatable bonds is 1. The summed E-state index contributed by atoms with van der Waals surface area (Å²) in [6.07, 6.45) is 1.05. The maximum Gasteiger partial charge on any atom is 0.410 e. The van der Waals surface area contributed by atoms with Crippen LogP contribution in [0.15, 0.2) is 6.33 Å². The summed E-state index contributed by atoms with van der Waals surface area (Å²) < 4.78 is 18.5. The van der Waals surface area contributed by atoms with Crippen LogP contribution in [-0.2, 0) is 17.7 Å². The maximum absolute atomic E-state index is 13.1. The van der Waals surface area contributed by atoms with Gasteiger partial charge in [0.05, 0.1) is 25.3 Å². The van der Waals surface area contributed by atoms with E-state index >= 15 is 0 Å². The molecule has 0 spiro atoms. The molecule has 3 heterocycles. The topological polar surface area (TPSA) is 58.6 Å². The minimum Gasteiger partial charge on any atom is -0.444 e. The molecule has 0 N–H and O–H groups in total. The monoisotopic (exact) mass is 308 g/mol. The molecule has 1 amide bonds. The van der Waals surface area contributed by atoms with Gasteiger partial charge in [-0.25, -0.2) is 19.2 Å². The molecule has 22 heavy (non-hydrogen) atoms. The molecular formula is C15H21FN4O2. The van der Waals surface area contributed by atoms with Crippen molar-refractivity contribution in [1.82, 2.24) is 14.9 Å². The van der Waals surface area contributed by atoms with Gasteiger partial charge >= 0.3 is 6.09 Å². The lowest BCUT2D eigenvalue weighted by Gasteiger charge is -2.38. The number of ether oxygens (including phenoxy) is 1. The highest BCUT2D eigenvalue weighted by atomic mass is 19.1. The molecule has 2 aliphatic rings. The predicted octanol–water partition coefficient (Wildman–Crippen LogP) is 1.93. The minimum atomic E-state index is -0.771. The highest BCUT2D eigenvalue weighted by Gasteiger charge is 2.33.